The molecule has 0 aliphatic carbocycles. The minimum absolute atomic E-state index is 0.0450. The monoisotopic (exact) mass is 866 g/mol. The quantitative estimate of drug-likeness (QED) is 0.0755. The summed E-state index contributed by atoms with van der Waals surface area (Å²) in [5.74, 6) is 0. The van der Waals surface area contributed by atoms with Gasteiger partial charge in [0.05, 0.1) is 52.4 Å². The lowest BCUT2D eigenvalue weighted by atomic mass is 9.97. The molecule has 64 heavy (non-hydrogen) atoms. The highest BCUT2D eigenvalue weighted by atomic mass is 16.7. The third-order valence-electron chi connectivity index (χ3n) is 11.5. The predicted molar refractivity (Wildman–Crippen MR) is 241 cm³/mol. The van der Waals surface area contributed by atoms with Crippen LogP contribution in [0.4, 0.5) is 0 Å². The molecule has 2 saturated heterocycles. The van der Waals surface area contributed by atoms with Crippen LogP contribution < -0.4 is 0 Å². The summed E-state index contributed by atoms with van der Waals surface area (Å²) in [7, 11) is 0. The molecular formula is C54H58O10. The van der Waals surface area contributed by atoms with Gasteiger partial charge in [-0.15, -0.1) is 0 Å². The van der Waals surface area contributed by atoms with Gasteiger partial charge in [0.1, 0.15) is 42.7 Å². The molecule has 10 nitrogen and oxygen atoms in total. The first-order valence-corrected chi connectivity index (χ1v) is 22.1. The molecule has 10 heteroatoms. The molecule has 0 amide bonds. The highest BCUT2D eigenvalue weighted by Gasteiger charge is 2.51. The summed E-state index contributed by atoms with van der Waals surface area (Å²) in [6.45, 7) is 3.61. The normalized spacial score (nSPS) is 25.8. The Hall–Kier alpha value is -5.08. The molecule has 0 bridgehead atoms. The van der Waals surface area contributed by atoms with Crippen molar-refractivity contribution < 1.29 is 47.7 Å². The largest absolute Gasteiger partial charge is 0.368 e. The van der Waals surface area contributed by atoms with E-state index in [2.05, 4.69) is 0 Å². The minimum atomic E-state index is -1.37. The van der Waals surface area contributed by atoms with Crippen molar-refractivity contribution in [1.29, 1.82) is 0 Å². The Balaban J connectivity index is 1.07. The predicted octanol–water partition coefficient (Wildman–Crippen LogP) is 8.98. The molecule has 0 radical (unpaired) electrons. The van der Waals surface area contributed by atoms with Crippen LogP contribution in [-0.2, 0) is 82.3 Å². The number of hydrogen-bond acceptors (Lipinski definition) is 10. The van der Waals surface area contributed by atoms with Crippen molar-refractivity contribution in [2.75, 3.05) is 6.61 Å². The Labute approximate surface area is 376 Å². The molecule has 10 atom stereocenters. The van der Waals surface area contributed by atoms with Crippen molar-refractivity contribution in [2.45, 2.75) is 108 Å². The Kier molecular flexibility index (Phi) is 16.9. The molecule has 2 heterocycles. The van der Waals surface area contributed by atoms with E-state index in [9.17, 15) is 5.11 Å². The van der Waals surface area contributed by atoms with Gasteiger partial charge >= 0.3 is 0 Å². The topological polar surface area (TPSA) is 103 Å². The van der Waals surface area contributed by atoms with Gasteiger partial charge < -0.3 is 47.7 Å². The summed E-state index contributed by atoms with van der Waals surface area (Å²) >= 11 is 0. The molecule has 0 saturated carbocycles. The van der Waals surface area contributed by atoms with Crippen molar-refractivity contribution >= 4 is 0 Å². The maximum absolute atomic E-state index is 11.8. The van der Waals surface area contributed by atoms with E-state index in [1.165, 1.54) is 0 Å². The second-order valence-corrected chi connectivity index (χ2v) is 16.2. The fourth-order valence-corrected chi connectivity index (χ4v) is 8.09. The second-order valence-electron chi connectivity index (χ2n) is 16.2. The van der Waals surface area contributed by atoms with Gasteiger partial charge in [0.25, 0.3) is 0 Å². The van der Waals surface area contributed by atoms with E-state index in [4.69, 9.17) is 42.6 Å². The fourth-order valence-electron chi connectivity index (χ4n) is 8.09. The van der Waals surface area contributed by atoms with Crippen molar-refractivity contribution in [3.63, 3.8) is 0 Å². The maximum Gasteiger partial charge on any atom is 0.186 e. The number of rotatable bonds is 21. The van der Waals surface area contributed by atoms with Gasteiger partial charge in [-0.3, -0.25) is 0 Å². The first-order chi connectivity index (χ1) is 31.6. The summed E-state index contributed by atoms with van der Waals surface area (Å²) in [5.41, 5.74) is 5.90. The van der Waals surface area contributed by atoms with Gasteiger partial charge in [-0.1, -0.05) is 182 Å². The summed E-state index contributed by atoms with van der Waals surface area (Å²) in [5, 5.41) is 11.8. The van der Waals surface area contributed by atoms with Crippen molar-refractivity contribution in [1.82, 2.24) is 0 Å². The summed E-state index contributed by atoms with van der Waals surface area (Å²) in [6, 6.07) is 59.7. The number of aliphatic hydroxyl groups is 1. The molecule has 6 aromatic rings. The van der Waals surface area contributed by atoms with E-state index in [0.29, 0.717) is 13.2 Å². The Morgan fingerprint density at radius 2 is 0.641 bits per heavy atom. The van der Waals surface area contributed by atoms with Gasteiger partial charge in [-0.25, -0.2) is 0 Å². The maximum atomic E-state index is 11.8. The molecule has 2 fully saturated rings. The second kappa shape index (κ2) is 23.7. The molecule has 0 unspecified atom stereocenters. The molecule has 6 aromatic carbocycles. The third kappa shape index (κ3) is 12.8. The van der Waals surface area contributed by atoms with Crippen LogP contribution >= 0.6 is 0 Å². The van der Waals surface area contributed by atoms with Crippen LogP contribution in [0.1, 0.15) is 40.3 Å². The highest BCUT2D eigenvalue weighted by molar-refractivity contribution is 5.18. The van der Waals surface area contributed by atoms with Gasteiger partial charge in [0.15, 0.2) is 12.6 Å². The van der Waals surface area contributed by atoms with E-state index in [-0.39, 0.29) is 33.0 Å². The van der Waals surface area contributed by atoms with Crippen molar-refractivity contribution in [3.05, 3.63) is 215 Å². The van der Waals surface area contributed by atoms with Crippen LogP contribution in [0.25, 0.3) is 0 Å². The van der Waals surface area contributed by atoms with Crippen LogP contribution in [-0.4, -0.2) is 73.1 Å². The van der Waals surface area contributed by atoms with E-state index < -0.39 is 61.4 Å². The smallest absolute Gasteiger partial charge is 0.186 e. The van der Waals surface area contributed by atoms with Gasteiger partial charge in [-0.05, 0) is 40.3 Å². The standard InChI is InChI=1S/C54H58O10/c1-39-47(56-32-40-20-8-2-9-21-40)49(58-34-42-24-12-4-13-25-42)52(61-37-45-30-18-7-19-31-45)54(63-39)62-38-46-48(57-33-41-22-10-3-11-23-41)50(59-35-43-26-14-5-15-27-43)51(53(55)64-46)60-36-44-28-16-6-17-29-44/h2-31,39,46-55H,32-38H2,1H3/t39-,46-,47-,48-,49+,50+,51-,52-,53-,54+/m1/s1. The number of aliphatic hydroxyl groups excluding tert-OH is 1. The van der Waals surface area contributed by atoms with Gasteiger partial charge in [0, 0.05) is 0 Å². The molecule has 2 aliphatic rings. The first kappa shape index (κ1) is 45.5. The molecule has 8 rings (SSSR count). The minimum Gasteiger partial charge on any atom is -0.368 e. The average molecular weight is 867 g/mol. The Morgan fingerprint density at radius 3 is 1.02 bits per heavy atom. The molecule has 334 valence electrons. The van der Waals surface area contributed by atoms with Crippen molar-refractivity contribution in [3.8, 4) is 0 Å². The lowest BCUT2D eigenvalue weighted by Gasteiger charge is -2.47. The highest BCUT2D eigenvalue weighted by Crippen LogP contribution is 2.34. The van der Waals surface area contributed by atoms with Crippen LogP contribution in [0.15, 0.2) is 182 Å². The van der Waals surface area contributed by atoms with Gasteiger partial charge in [-0.2, -0.15) is 0 Å². The molecule has 1 N–H and O–H groups in total. The number of hydrogen-bond donors (Lipinski definition) is 1. The van der Waals surface area contributed by atoms with Crippen LogP contribution in [0, 0.1) is 0 Å². The van der Waals surface area contributed by atoms with E-state index in [0.717, 1.165) is 33.4 Å². The fraction of sp³-hybridized carbons (Fsp3) is 0.333. The molecule has 2 aliphatic heterocycles. The molecular weight excluding hydrogens is 809 g/mol. The lowest BCUT2D eigenvalue weighted by Crippen LogP contribution is -2.63. The van der Waals surface area contributed by atoms with Crippen LogP contribution in [0.3, 0.4) is 0 Å². The van der Waals surface area contributed by atoms with E-state index in [1.54, 1.807) is 0 Å². The molecule has 0 spiro atoms. The zero-order valence-electron chi connectivity index (χ0n) is 36.2. The Morgan fingerprint density at radius 1 is 0.344 bits per heavy atom. The summed E-state index contributed by atoms with van der Waals surface area (Å²) in [6.07, 6.45) is -7.86. The van der Waals surface area contributed by atoms with E-state index >= 15 is 0 Å². The zero-order chi connectivity index (χ0) is 43.8. The average Bonchev–Trinajstić information content (AvgIpc) is 3.35. The van der Waals surface area contributed by atoms with E-state index in [1.807, 2.05) is 189 Å². The van der Waals surface area contributed by atoms with Crippen LogP contribution in [0.2, 0.25) is 0 Å². The SMILES string of the molecule is C[C@H]1O[C@H](OC[C@H]2O[C@@H](O)[C@H](OCc3ccccc3)[C@@H](OCc3ccccc3)[C@@H]2OCc2ccccc2)[C@H](OCc2ccccc2)[C@@H](OCc2ccccc2)[C@@H]1OCc1ccccc1. The van der Waals surface area contributed by atoms with Crippen molar-refractivity contribution in [2.24, 2.45) is 0 Å². The summed E-state index contributed by atoms with van der Waals surface area (Å²) < 4.78 is 60.2. The molecule has 0 aromatic heterocycles. The number of benzene rings is 6. The number of ether oxygens (including phenoxy) is 9. The third-order valence-corrected chi connectivity index (χ3v) is 11.5. The lowest BCUT2D eigenvalue weighted by molar-refractivity contribution is -0.345. The summed E-state index contributed by atoms with van der Waals surface area (Å²) in [4.78, 5) is 0. The van der Waals surface area contributed by atoms with Gasteiger partial charge in [0.2, 0.25) is 0 Å². The zero-order valence-corrected chi connectivity index (χ0v) is 36.2. The Bertz CT molecular complexity index is 2030. The van der Waals surface area contributed by atoms with Crippen LogP contribution in [0.5, 0.6) is 0 Å². The first-order valence-electron chi connectivity index (χ1n) is 22.1.